The van der Waals surface area contributed by atoms with Gasteiger partial charge in [0.05, 0.1) is 6.10 Å². The third-order valence-corrected chi connectivity index (χ3v) is 2.83. The molecule has 1 aromatic rings. The summed E-state index contributed by atoms with van der Waals surface area (Å²) in [6.07, 6.45) is -5.55. The van der Waals surface area contributed by atoms with Crippen molar-refractivity contribution in [1.29, 1.82) is 0 Å². The van der Waals surface area contributed by atoms with Gasteiger partial charge in [-0.2, -0.15) is 4.98 Å². The molecular weight excluding hydrogens is 269 g/mol. The van der Waals surface area contributed by atoms with Crippen LogP contribution in [-0.4, -0.2) is 44.2 Å². The highest BCUT2D eigenvalue weighted by molar-refractivity contribution is 5.23. The van der Waals surface area contributed by atoms with Crippen molar-refractivity contribution in [3.05, 3.63) is 22.7 Å². The Bertz CT molecular complexity index is 494. The topological polar surface area (TPSA) is 111 Å². The molecule has 20 heavy (non-hydrogen) atoms. The first-order valence-electron chi connectivity index (χ1n) is 6.42. The van der Waals surface area contributed by atoms with E-state index in [1.165, 1.54) is 19.2 Å². The van der Waals surface area contributed by atoms with Gasteiger partial charge in [-0.25, -0.2) is 9.18 Å². The van der Waals surface area contributed by atoms with Crippen molar-refractivity contribution in [3.63, 3.8) is 0 Å². The van der Waals surface area contributed by atoms with Crippen molar-refractivity contribution >= 4 is 5.82 Å². The standard InChI is InChI=1S/C10H14FN3O4.C2H6/c1-4(15)8-7(16)6(11)9(18-8)14-3-2-5(12)13-10(14)17;1-2/h2-4,6-9,15-16H,1H3,(H2,12,13,17);1-2H3/t4-,6+,7?,8?,9-;/m1./s1. The maximum absolute atomic E-state index is 13.9. The zero-order valence-electron chi connectivity index (χ0n) is 11.6. The van der Waals surface area contributed by atoms with Crippen molar-refractivity contribution in [3.8, 4) is 0 Å². The van der Waals surface area contributed by atoms with Gasteiger partial charge >= 0.3 is 5.69 Å². The molecule has 1 aromatic heterocycles. The second kappa shape index (κ2) is 6.78. The predicted molar refractivity (Wildman–Crippen MR) is 70.8 cm³/mol. The molecule has 7 nitrogen and oxygen atoms in total. The summed E-state index contributed by atoms with van der Waals surface area (Å²) in [7, 11) is 0. The van der Waals surface area contributed by atoms with Crippen LogP contribution in [0.15, 0.2) is 17.1 Å². The fourth-order valence-corrected chi connectivity index (χ4v) is 1.90. The Morgan fingerprint density at radius 3 is 2.60 bits per heavy atom. The first-order chi connectivity index (χ1) is 9.41. The Morgan fingerprint density at radius 2 is 2.15 bits per heavy atom. The fourth-order valence-electron chi connectivity index (χ4n) is 1.90. The van der Waals surface area contributed by atoms with Crippen molar-refractivity contribution in [1.82, 2.24) is 9.55 Å². The Labute approximate surface area is 115 Å². The normalized spacial score (nSPS) is 30.5. The lowest BCUT2D eigenvalue weighted by Crippen LogP contribution is -2.36. The number of rotatable bonds is 2. The van der Waals surface area contributed by atoms with Crippen LogP contribution >= 0.6 is 0 Å². The summed E-state index contributed by atoms with van der Waals surface area (Å²) in [5.74, 6) is 0.0114. The summed E-state index contributed by atoms with van der Waals surface area (Å²) in [4.78, 5) is 15.0. The maximum atomic E-state index is 13.9. The first kappa shape index (κ1) is 16.5. The summed E-state index contributed by atoms with van der Waals surface area (Å²) < 4.78 is 19.9. The molecule has 0 spiro atoms. The first-order valence-corrected chi connectivity index (χ1v) is 6.42. The van der Waals surface area contributed by atoms with Crippen LogP contribution < -0.4 is 11.4 Å². The van der Waals surface area contributed by atoms with Gasteiger partial charge in [0.15, 0.2) is 12.4 Å². The number of nitrogen functional groups attached to an aromatic ring is 1. The monoisotopic (exact) mass is 289 g/mol. The molecule has 0 amide bonds. The zero-order chi connectivity index (χ0) is 15.4. The van der Waals surface area contributed by atoms with Crippen LogP contribution in [0.3, 0.4) is 0 Å². The molecule has 0 aliphatic carbocycles. The molecule has 0 saturated carbocycles. The van der Waals surface area contributed by atoms with Crippen LogP contribution in [0.1, 0.15) is 27.0 Å². The summed E-state index contributed by atoms with van der Waals surface area (Å²) in [6, 6.07) is 1.32. The van der Waals surface area contributed by atoms with E-state index in [9.17, 15) is 19.4 Å². The molecule has 0 aromatic carbocycles. The quantitative estimate of drug-likeness (QED) is 0.697. The largest absolute Gasteiger partial charge is 0.391 e. The third-order valence-electron chi connectivity index (χ3n) is 2.83. The van der Waals surface area contributed by atoms with Crippen LogP contribution in [0.2, 0.25) is 0 Å². The van der Waals surface area contributed by atoms with E-state index in [0.717, 1.165) is 4.57 Å². The number of nitrogens with zero attached hydrogens (tertiary/aromatic N) is 2. The summed E-state index contributed by atoms with van der Waals surface area (Å²) in [6.45, 7) is 5.37. The Hall–Kier alpha value is -1.51. The Balaban J connectivity index is 0.000000956. The smallest absolute Gasteiger partial charge is 0.351 e. The molecule has 2 rings (SSSR count). The van der Waals surface area contributed by atoms with Gasteiger partial charge in [0, 0.05) is 6.20 Å². The van der Waals surface area contributed by atoms with Crippen molar-refractivity contribution in [2.45, 2.75) is 51.5 Å². The molecule has 1 saturated heterocycles. The lowest BCUT2D eigenvalue weighted by atomic mass is 10.1. The number of aliphatic hydroxyl groups excluding tert-OH is 2. The highest BCUT2D eigenvalue weighted by atomic mass is 19.1. The van der Waals surface area contributed by atoms with Crippen molar-refractivity contribution < 1.29 is 19.3 Å². The van der Waals surface area contributed by atoms with E-state index in [4.69, 9.17) is 10.5 Å². The van der Waals surface area contributed by atoms with Crippen molar-refractivity contribution in [2.24, 2.45) is 0 Å². The van der Waals surface area contributed by atoms with Gasteiger partial charge in [-0.05, 0) is 13.0 Å². The van der Waals surface area contributed by atoms with Gasteiger partial charge < -0.3 is 20.7 Å². The maximum Gasteiger partial charge on any atom is 0.351 e. The molecule has 2 unspecified atom stereocenters. The number of alkyl halides is 1. The molecule has 2 heterocycles. The Morgan fingerprint density at radius 1 is 1.55 bits per heavy atom. The highest BCUT2D eigenvalue weighted by Crippen LogP contribution is 2.32. The van der Waals surface area contributed by atoms with E-state index in [-0.39, 0.29) is 5.82 Å². The number of halogens is 1. The van der Waals surface area contributed by atoms with Crippen LogP contribution in [0.25, 0.3) is 0 Å². The molecule has 0 bridgehead atoms. The van der Waals surface area contributed by atoms with E-state index >= 15 is 0 Å². The number of ether oxygens (including phenoxy) is 1. The second-order valence-electron chi connectivity index (χ2n) is 4.21. The lowest BCUT2D eigenvalue weighted by molar-refractivity contribution is -0.0783. The van der Waals surface area contributed by atoms with Crippen LogP contribution in [0.4, 0.5) is 10.2 Å². The molecule has 1 aliphatic heterocycles. The van der Waals surface area contributed by atoms with Gasteiger partial charge in [-0.15, -0.1) is 0 Å². The molecule has 1 aliphatic rings. The third kappa shape index (κ3) is 3.14. The fraction of sp³-hybridized carbons (Fsp3) is 0.667. The predicted octanol–water partition coefficient (Wildman–Crippen LogP) is -0.171. The number of anilines is 1. The Kier molecular flexibility index (Phi) is 5.61. The number of hydrogen-bond acceptors (Lipinski definition) is 6. The number of aliphatic hydroxyl groups is 2. The van der Waals surface area contributed by atoms with Crippen LogP contribution in [0.5, 0.6) is 0 Å². The molecular formula is C12H20FN3O4. The van der Waals surface area contributed by atoms with Gasteiger partial charge in [0.25, 0.3) is 0 Å². The summed E-state index contributed by atoms with van der Waals surface area (Å²) in [5, 5.41) is 18.9. The lowest BCUT2D eigenvalue weighted by Gasteiger charge is -2.17. The summed E-state index contributed by atoms with van der Waals surface area (Å²) >= 11 is 0. The van der Waals surface area contributed by atoms with E-state index < -0.39 is 36.4 Å². The second-order valence-corrected chi connectivity index (χ2v) is 4.21. The minimum absolute atomic E-state index is 0.0114. The van der Waals surface area contributed by atoms with Gasteiger partial charge in [0.1, 0.15) is 18.0 Å². The average molecular weight is 289 g/mol. The van der Waals surface area contributed by atoms with Gasteiger partial charge in [-0.3, -0.25) is 4.57 Å². The van der Waals surface area contributed by atoms with Crippen LogP contribution in [-0.2, 0) is 4.74 Å². The molecule has 114 valence electrons. The van der Waals surface area contributed by atoms with E-state index in [1.807, 2.05) is 13.8 Å². The minimum atomic E-state index is -1.83. The molecule has 4 N–H and O–H groups in total. The minimum Gasteiger partial charge on any atom is -0.391 e. The van der Waals surface area contributed by atoms with E-state index in [0.29, 0.717) is 0 Å². The molecule has 0 radical (unpaired) electrons. The molecule has 5 atom stereocenters. The number of nitrogens with two attached hydrogens (primary N) is 1. The summed E-state index contributed by atoms with van der Waals surface area (Å²) in [5.41, 5.74) is 4.54. The number of aromatic nitrogens is 2. The highest BCUT2D eigenvalue weighted by Gasteiger charge is 2.47. The number of hydrogen-bond donors (Lipinski definition) is 3. The average Bonchev–Trinajstić information content (AvgIpc) is 2.69. The van der Waals surface area contributed by atoms with Gasteiger partial charge in [-0.1, -0.05) is 13.8 Å². The molecule has 1 fully saturated rings. The zero-order valence-corrected chi connectivity index (χ0v) is 11.6. The van der Waals surface area contributed by atoms with E-state index in [2.05, 4.69) is 4.98 Å². The van der Waals surface area contributed by atoms with Crippen molar-refractivity contribution in [2.75, 3.05) is 5.73 Å². The van der Waals surface area contributed by atoms with E-state index in [1.54, 1.807) is 0 Å². The van der Waals surface area contributed by atoms with Gasteiger partial charge in [0.2, 0.25) is 0 Å². The van der Waals surface area contributed by atoms with Crippen LogP contribution in [0, 0.1) is 0 Å². The SMILES string of the molecule is CC.C[C@@H](O)C1O[C@@H](n2ccc(N)nc2=O)[C@@H](F)C1O. The molecule has 8 heteroatoms.